The van der Waals surface area contributed by atoms with Gasteiger partial charge in [-0.2, -0.15) is 0 Å². The second kappa shape index (κ2) is 9.10. The number of hydrogen-bond acceptors (Lipinski definition) is 2. The second-order valence-electron chi connectivity index (χ2n) is 5.25. The molecule has 6 heteroatoms. The van der Waals surface area contributed by atoms with Crippen LogP contribution in [0.4, 0.5) is 0 Å². The standard InChI is InChI=1S/C15H28BrN5/c1-6-17-15(18-8-9-19(3)7-2)21(5)12-14-10-13(16)11-20(14)4/h10-11H,6-9,12H2,1-5H3,(H,17,18). The van der Waals surface area contributed by atoms with Gasteiger partial charge >= 0.3 is 0 Å². The molecule has 0 unspecified atom stereocenters. The van der Waals surface area contributed by atoms with Gasteiger partial charge in [0.25, 0.3) is 0 Å². The number of nitrogens with one attached hydrogen (secondary N) is 1. The molecular weight excluding hydrogens is 330 g/mol. The summed E-state index contributed by atoms with van der Waals surface area (Å²) in [5.41, 5.74) is 1.25. The Balaban J connectivity index is 2.65. The summed E-state index contributed by atoms with van der Waals surface area (Å²) in [6.07, 6.45) is 2.07. The van der Waals surface area contributed by atoms with E-state index in [1.165, 1.54) is 5.69 Å². The number of hydrogen-bond donors (Lipinski definition) is 1. The summed E-state index contributed by atoms with van der Waals surface area (Å²) in [6, 6.07) is 2.14. The lowest BCUT2D eigenvalue weighted by Gasteiger charge is -2.22. The maximum Gasteiger partial charge on any atom is 0.194 e. The molecule has 0 aliphatic rings. The number of guanidine groups is 1. The lowest BCUT2D eigenvalue weighted by Crippen LogP contribution is -2.39. The number of aryl methyl sites for hydroxylation is 1. The van der Waals surface area contributed by atoms with Gasteiger partial charge in [0.15, 0.2) is 5.96 Å². The zero-order valence-electron chi connectivity index (χ0n) is 13.9. The van der Waals surface area contributed by atoms with Crippen LogP contribution in [-0.2, 0) is 13.6 Å². The van der Waals surface area contributed by atoms with E-state index in [9.17, 15) is 0 Å². The molecule has 0 fully saturated rings. The van der Waals surface area contributed by atoms with Crippen LogP contribution in [0.25, 0.3) is 0 Å². The molecular formula is C15H28BrN5. The first-order valence-corrected chi connectivity index (χ1v) is 8.25. The number of likely N-dealkylation sites (N-methyl/N-ethyl adjacent to an activating group) is 1. The predicted molar refractivity (Wildman–Crippen MR) is 93.7 cm³/mol. The van der Waals surface area contributed by atoms with E-state index in [4.69, 9.17) is 4.99 Å². The topological polar surface area (TPSA) is 35.8 Å². The van der Waals surface area contributed by atoms with Crippen molar-refractivity contribution >= 4 is 21.9 Å². The summed E-state index contributed by atoms with van der Waals surface area (Å²) in [6.45, 7) is 8.82. The van der Waals surface area contributed by atoms with Crippen LogP contribution in [0.5, 0.6) is 0 Å². The summed E-state index contributed by atoms with van der Waals surface area (Å²) in [5.74, 6) is 0.958. The molecule has 0 radical (unpaired) electrons. The minimum atomic E-state index is 0.813. The second-order valence-corrected chi connectivity index (χ2v) is 6.16. The smallest absolute Gasteiger partial charge is 0.194 e. The van der Waals surface area contributed by atoms with E-state index >= 15 is 0 Å². The number of halogens is 1. The maximum atomic E-state index is 4.70. The molecule has 1 heterocycles. The minimum Gasteiger partial charge on any atom is -0.357 e. The van der Waals surface area contributed by atoms with Crippen LogP contribution in [0.2, 0.25) is 0 Å². The van der Waals surface area contributed by atoms with Crippen molar-refractivity contribution in [3.63, 3.8) is 0 Å². The van der Waals surface area contributed by atoms with Crippen molar-refractivity contribution in [2.24, 2.45) is 12.0 Å². The predicted octanol–water partition coefficient (Wildman–Crippen LogP) is 2.14. The normalized spacial score (nSPS) is 12.0. The Hall–Kier alpha value is -1.01. The van der Waals surface area contributed by atoms with Gasteiger partial charge < -0.3 is 19.7 Å². The average Bonchev–Trinajstić information content (AvgIpc) is 2.75. The molecule has 21 heavy (non-hydrogen) atoms. The van der Waals surface area contributed by atoms with Crippen molar-refractivity contribution in [3.8, 4) is 0 Å². The Morgan fingerprint density at radius 1 is 1.38 bits per heavy atom. The van der Waals surface area contributed by atoms with Crippen LogP contribution in [0, 0.1) is 0 Å². The Kier molecular flexibility index (Phi) is 7.82. The molecule has 0 spiro atoms. The molecule has 1 N–H and O–H groups in total. The van der Waals surface area contributed by atoms with Gasteiger partial charge in [0, 0.05) is 43.5 Å². The van der Waals surface area contributed by atoms with Crippen LogP contribution in [0.1, 0.15) is 19.5 Å². The monoisotopic (exact) mass is 357 g/mol. The van der Waals surface area contributed by atoms with E-state index in [2.05, 4.69) is 82.9 Å². The highest BCUT2D eigenvalue weighted by Crippen LogP contribution is 2.14. The minimum absolute atomic E-state index is 0.813. The van der Waals surface area contributed by atoms with Gasteiger partial charge in [-0.15, -0.1) is 0 Å². The molecule has 0 saturated heterocycles. The molecule has 0 aliphatic heterocycles. The van der Waals surface area contributed by atoms with Crippen molar-refractivity contribution < 1.29 is 0 Å². The fourth-order valence-electron chi connectivity index (χ4n) is 2.00. The van der Waals surface area contributed by atoms with Crippen molar-refractivity contribution in [2.75, 3.05) is 40.3 Å². The number of aromatic nitrogens is 1. The van der Waals surface area contributed by atoms with Gasteiger partial charge in [-0.05, 0) is 42.5 Å². The zero-order valence-corrected chi connectivity index (χ0v) is 15.4. The molecule has 0 aliphatic carbocycles. The lowest BCUT2D eigenvalue weighted by molar-refractivity contribution is 0.361. The third-order valence-corrected chi connectivity index (χ3v) is 3.89. The summed E-state index contributed by atoms with van der Waals surface area (Å²) in [7, 11) is 6.26. The average molecular weight is 358 g/mol. The first kappa shape index (κ1) is 18.0. The number of nitrogens with zero attached hydrogens (tertiary/aromatic N) is 4. The van der Waals surface area contributed by atoms with Crippen LogP contribution in [0.3, 0.4) is 0 Å². The summed E-state index contributed by atoms with van der Waals surface area (Å²) in [4.78, 5) is 9.13. The highest BCUT2D eigenvalue weighted by Gasteiger charge is 2.09. The molecule has 0 atom stereocenters. The Bertz CT molecular complexity index is 455. The van der Waals surface area contributed by atoms with Gasteiger partial charge in [-0.25, -0.2) is 0 Å². The van der Waals surface area contributed by atoms with Crippen LogP contribution in [0.15, 0.2) is 21.7 Å². The van der Waals surface area contributed by atoms with Gasteiger partial charge in [-0.1, -0.05) is 6.92 Å². The van der Waals surface area contributed by atoms with Crippen molar-refractivity contribution in [1.29, 1.82) is 0 Å². The third-order valence-electron chi connectivity index (χ3n) is 3.45. The largest absolute Gasteiger partial charge is 0.357 e. The van der Waals surface area contributed by atoms with Gasteiger partial charge in [0.05, 0.1) is 13.1 Å². The first-order chi connectivity index (χ1) is 9.97. The van der Waals surface area contributed by atoms with Crippen LogP contribution < -0.4 is 5.32 Å². The first-order valence-electron chi connectivity index (χ1n) is 7.46. The maximum absolute atomic E-state index is 4.70. The van der Waals surface area contributed by atoms with Crippen molar-refractivity contribution in [3.05, 3.63) is 22.4 Å². The van der Waals surface area contributed by atoms with E-state index in [0.717, 1.165) is 43.2 Å². The Morgan fingerprint density at radius 2 is 2.10 bits per heavy atom. The molecule has 1 rings (SSSR count). The Labute approximate surface area is 137 Å². The van der Waals surface area contributed by atoms with Gasteiger partial charge in [0.1, 0.15) is 0 Å². The summed E-state index contributed by atoms with van der Waals surface area (Å²) < 4.78 is 3.24. The fraction of sp³-hybridized carbons (Fsp3) is 0.667. The van der Waals surface area contributed by atoms with Crippen LogP contribution >= 0.6 is 15.9 Å². The summed E-state index contributed by atoms with van der Waals surface area (Å²) in [5, 5.41) is 3.36. The molecule has 0 amide bonds. The van der Waals surface area contributed by atoms with Crippen LogP contribution in [-0.4, -0.2) is 60.6 Å². The third kappa shape index (κ3) is 6.09. The lowest BCUT2D eigenvalue weighted by atomic mass is 10.4. The van der Waals surface area contributed by atoms with E-state index < -0.39 is 0 Å². The molecule has 5 nitrogen and oxygen atoms in total. The molecule has 1 aromatic heterocycles. The molecule has 120 valence electrons. The molecule has 0 bridgehead atoms. The summed E-state index contributed by atoms with van der Waals surface area (Å²) >= 11 is 3.52. The highest BCUT2D eigenvalue weighted by atomic mass is 79.9. The van der Waals surface area contributed by atoms with Crippen molar-refractivity contribution in [2.45, 2.75) is 20.4 Å². The SMILES string of the molecule is CCNC(=NCCN(C)CC)N(C)Cc1cc(Br)cn1C. The van der Waals surface area contributed by atoms with Gasteiger partial charge in [0.2, 0.25) is 0 Å². The van der Waals surface area contributed by atoms with E-state index in [1.807, 2.05) is 0 Å². The number of rotatable bonds is 7. The molecule has 0 saturated carbocycles. The fourth-order valence-corrected chi connectivity index (χ4v) is 2.57. The zero-order chi connectivity index (χ0) is 15.8. The van der Waals surface area contributed by atoms with Crippen molar-refractivity contribution in [1.82, 2.24) is 19.7 Å². The van der Waals surface area contributed by atoms with E-state index in [-0.39, 0.29) is 0 Å². The van der Waals surface area contributed by atoms with Gasteiger partial charge in [-0.3, -0.25) is 4.99 Å². The highest BCUT2D eigenvalue weighted by molar-refractivity contribution is 9.10. The Morgan fingerprint density at radius 3 is 2.62 bits per heavy atom. The van der Waals surface area contributed by atoms with E-state index in [1.54, 1.807) is 0 Å². The number of aliphatic imine (C=N–C) groups is 1. The van der Waals surface area contributed by atoms with E-state index in [0.29, 0.717) is 0 Å². The quantitative estimate of drug-likeness (QED) is 0.599. The molecule has 1 aromatic rings. The molecule has 0 aromatic carbocycles.